The lowest BCUT2D eigenvalue weighted by molar-refractivity contribution is -0.0512. The van der Waals surface area contributed by atoms with Crippen molar-refractivity contribution in [3.05, 3.63) is 46.0 Å². The van der Waals surface area contributed by atoms with Crippen LogP contribution >= 0.6 is 23.6 Å². The zero-order valence-corrected chi connectivity index (χ0v) is 20.1. The lowest BCUT2D eigenvalue weighted by Crippen LogP contribution is -2.23. The molecule has 1 fully saturated rings. The number of hydrogen-bond donors (Lipinski definition) is 0. The van der Waals surface area contributed by atoms with Crippen LogP contribution in [0.15, 0.2) is 35.7 Å². The van der Waals surface area contributed by atoms with Crippen LogP contribution in [0.2, 0.25) is 0 Å². The molecular formula is C22H26F2N4O3S2. The lowest BCUT2D eigenvalue weighted by atomic mass is 10.2. The second-order valence-corrected chi connectivity index (χ2v) is 9.16. The van der Waals surface area contributed by atoms with Crippen LogP contribution in [0.25, 0.3) is 10.7 Å². The van der Waals surface area contributed by atoms with Gasteiger partial charge in [0.15, 0.2) is 22.1 Å². The molecule has 1 atom stereocenters. The molecule has 0 bridgehead atoms. The number of rotatable bonds is 10. The average molecular weight is 497 g/mol. The number of halogens is 2. The van der Waals surface area contributed by atoms with Crippen LogP contribution in [-0.4, -0.2) is 52.7 Å². The molecule has 0 amide bonds. The molecule has 178 valence electrons. The van der Waals surface area contributed by atoms with Gasteiger partial charge in [-0.25, -0.2) is 4.68 Å². The number of methoxy groups -OCH3 is 1. The molecule has 11 heteroatoms. The predicted molar refractivity (Wildman–Crippen MR) is 124 cm³/mol. The van der Waals surface area contributed by atoms with Crippen molar-refractivity contribution < 1.29 is 23.0 Å². The van der Waals surface area contributed by atoms with E-state index in [9.17, 15) is 8.78 Å². The van der Waals surface area contributed by atoms with Crippen molar-refractivity contribution in [2.75, 3.05) is 20.8 Å². The van der Waals surface area contributed by atoms with E-state index in [1.165, 1.54) is 13.2 Å². The highest BCUT2D eigenvalue weighted by Crippen LogP contribution is 2.30. The second kappa shape index (κ2) is 10.7. The van der Waals surface area contributed by atoms with Crippen molar-refractivity contribution in [3.8, 4) is 22.2 Å². The Balaban J connectivity index is 1.52. The number of aromatic nitrogens is 3. The smallest absolute Gasteiger partial charge is 0.387 e. The highest BCUT2D eigenvalue weighted by atomic mass is 32.1. The molecule has 3 heterocycles. The molecule has 0 saturated carbocycles. The summed E-state index contributed by atoms with van der Waals surface area (Å²) in [5, 5.41) is 6.84. The van der Waals surface area contributed by atoms with Crippen LogP contribution in [0.4, 0.5) is 8.78 Å². The summed E-state index contributed by atoms with van der Waals surface area (Å²) in [6.45, 7) is -0.434. The van der Waals surface area contributed by atoms with Crippen molar-refractivity contribution >= 4 is 23.6 Å². The standard InChI is InChI=1S/C22H26F2N4O3S2/c1-26(12-15-7-8-17(31-21(23)24)18(11-15)29-2)14-28-22(32)27(13-16-5-3-9-30-16)20(25-28)19-6-4-10-33-19/h4,6-8,10-11,16,21H,3,5,9,12-14H2,1-2H3. The van der Waals surface area contributed by atoms with E-state index in [2.05, 4.69) is 9.30 Å². The summed E-state index contributed by atoms with van der Waals surface area (Å²) in [5.41, 5.74) is 0.889. The average Bonchev–Trinajstić information content (AvgIpc) is 3.54. The van der Waals surface area contributed by atoms with Crippen LogP contribution in [-0.2, 0) is 24.5 Å². The maximum absolute atomic E-state index is 12.6. The Hall–Kier alpha value is -2.34. The molecule has 0 radical (unpaired) electrons. The van der Waals surface area contributed by atoms with Gasteiger partial charge in [0, 0.05) is 13.2 Å². The fourth-order valence-electron chi connectivity index (χ4n) is 3.87. The quantitative estimate of drug-likeness (QED) is 0.368. The van der Waals surface area contributed by atoms with Gasteiger partial charge in [0.2, 0.25) is 0 Å². The van der Waals surface area contributed by atoms with Crippen molar-refractivity contribution in [3.63, 3.8) is 0 Å². The van der Waals surface area contributed by atoms with E-state index >= 15 is 0 Å². The fraction of sp³-hybridized carbons (Fsp3) is 0.455. The van der Waals surface area contributed by atoms with Crippen molar-refractivity contribution in [1.82, 2.24) is 19.2 Å². The Bertz CT molecular complexity index is 1110. The van der Waals surface area contributed by atoms with Gasteiger partial charge in [-0.3, -0.25) is 9.47 Å². The number of alkyl halides is 2. The fourth-order valence-corrected chi connectivity index (χ4v) is 4.85. The molecule has 0 spiro atoms. The maximum Gasteiger partial charge on any atom is 0.387 e. The minimum atomic E-state index is -2.91. The van der Waals surface area contributed by atoms with Gasteiger partial charge in [0.1, 0.15) is 0 Å². The maximum atomic E-state index is 12.6. The van der Waals surface area contributed by atoms with E-state index in [-0.39, 0.29) is 17.6 Å². The number of benzene rings is 1. The number of nitrogens with zero attached hydrogens (tertiary/aromatic N) is 4. The summed E-state index contributed by atoms with van der Waals surface area (Å²) in [7, 11) is 3.37. The van der Waals surface area contributed by atoms with Crippen LogP contribution in [0, 0.1) is 4.77 Å². The summed E-state index contributed by atoms with van der Waals surface area (Å²) in [5.74, 6) is 1.11. The van der Waals surface area contributed by atoms with Gasteiger partial charge in [-0.1, -0.05) is 12.1 Å². The second-order valence-electron chi connectivity index (χ2n) is 7.85. The largest absolute Gasteiger partial charge is 0.493 e. The molecule has 1 aliphatic rings. The zero-order chi connectivity index (χ0) is 23.4. The van der Waals surface area contributed by atoms with Crippen molar-refractivity contribution in [2.45, 2.75) is 45.3 Å². The SMILES string of the molecule is COc1cc(CN(C)Cn2nc(-c3cccs3)n(CC3CCCO3)c2=S)ccc1OC(F)F. The Morgan fingerprint density at radius 3 is 2.85 bits per heavy atom. The monoisotopic (exact) mass is 496 g/mol. The molecule has 0 N–H and O–H groups in total. The first-order valence-electron chi connectivity index (χ1n) is 10.6. The molecule has 1 aromatic carbocycles. The third-order valence-electron chi connectivity index (χ3n) is 5.35. The summed E-state index contributed by atoms with van der Waals surface area (Å²) in [4.78, 5) is 3.10. The van der Waals surface area contributed by atoms with Gasteiger partial charge in [-0.05, 0) is 61.2 Å². The molecule has 0 aliphatic carbocycles. The van der Waals surface area contributed by atoms with E-state index in [0.29, 0.717) is 24.5 Å². The molecule has 33 heavy (non-hydrogen) atoms. The van der Waals surface area contributed by atoms with Gasteiger partial charge in [-0.2, -0.15) is 8.78 Å². The van der Waals surface area contributed by atoms with E-state index in [4.69, 9.17) is 26.8 Å². The highest BCUT2D eigenvalue weighted by molar-refractivity contribution is 7.71. The highest BCUT2D eigenvalue weighted by Gasteiger charge is 2.21. The summed E-state index contributed by atoms with van der Waals surface area (Å²) < 4.78 is 45.2. The Morgan fingerprint density at radius 2 is 2.18 bits per heavy atom. The molecule has 2 aromatic heterocycles. The molecule has 7 nitrogen and oxygen atoms in total. The first-order chi connectivity index (χ1) is 15.9. The number of ether oxygens (including phenoxy) is 3. The summed E-state index contributed by atoms with van der Waals surface area (Å²) in [6, 6.07) is 8.96. The van der Waals surface area contributed by atoms with Crippen LogP contribution in [0.3, 0.4) is 0 Å². The van der Waals surface area contributed by atoms with Crippen molar-refractivity contribution in [2.24, 2.45) is 0 Å². The van der Waals surface area contributed by atoms with Gasteiger partial charge < -0.3 is 14.2 Å². The summed E-state index contributed by atoms with van der Waals surface area (Å²) in [6.07, 6.45) is 2.23. The minimum absolute atomic E-state index is 0.00888. The molecular weight excluding hydrogens is 470 g/mol. The van der Waals surface area contributed by atoms with Gasteiger partial charge in [0.05, 0.1) is 31.3 Å². The van der Waals surface area contributed by atoms with Crippen LogP contribution in [0.1, 0.15) is 18.4 Å². The minimum Gasteiger partial charge on any atom is -0.493 e. The molecule has 1 unspecified atom stereocenters. The Morgan fingerprint density at radius 1 is 1.33 bits per heavy atom. The van der Waals surface area contributed by atoms with E-state index in [0.717, 1.165) is 35.7 Å². The van der Waals surface area contributed by atoms with Gasteiger partial charge in [0.25, 0.3) is 0 Å². The van der Waals surface area contributed by atoms with Gasteiger partial charge >= 0.3 is 6.61 Å². The lowest BCUT2D eigenvalue weighted by Gasteiger charge is -2.18. The first-order valence-corrected chi connectivity index (χ1v) is 11.9. The summed E-state index contributed by atoms with van der Waals surface area (Å²) >= 11 is 7.40. The normalized spacial score (nSPS) is 16.1. The van der Waals surface area contributed by atoms with Crippen molar-refractivity contribution in [1.29, 1.82) is 0 Å². The van der Waals surface area contributed by atoms with Crippen LogP contribution in [0.5, 0.6) is 11.5 Å². The molecule has 1 saturated heterocycles. The molecule has 1 aliphatic heterocycles. The van der Waals surface area contributed by atoms with E-state index in [1.54, 1.807) is 23.5 Å². The molecule has 4 rings (SSSR count). The predicted octanol–water partition coefficient (Wildman–Crippen LogP) is 5.02. The Labute approximate surface area is 200 Å². The third-order valence-corrected chi connectivity index (χ3v) is 6.64. The topological polar surface area (TPSA) is 53.7 Å². The zero-order valence-electron chi connectivity index (χ0n) is 18.4. The molecule has 3 aromatic rings. The number of hydrogen-bond acceptors (Lipinski definition) is 7. The van der Waals surface area contributed by atoms with Crippen LogP contribution < -0.4 is 9.47 Å². The van der Waals surface area contributed by atoms with E-state index < -0.39 is 6.61 Å². The number of thiophene rings is 1. The van der Waals surface area contributed by atoms with E-state index in [1.807, 2.05) is 34.1 Å². The first kappa shape index (κ1) is 23.8. The Kier molecular flexibility index (Phi) is 7.74. The third kappa shape index (κ3) is 5.78. The van der Waals surface area contributed by atoms with Gasteiger partial charge in [-0.15, -0.1) is 16.4 Å².